The van der Waals surface area contributed by atoms with Crippen LogP contribution in [0.4, 0.5) is 8.78 Å². The van der Waals surface area contributed by atoms with E-state index in [2.05, 4.69) is 42.0 Å². The number of nitrogens with one attached hydrogen (secondary N) is 1. The Morgan fingerprint density at radius 2 is 1.95 bits per heavy atom. The SMILES string of the molecule is CC(C)(C)CC(Br)CNC(=O)c1ccc(F)c(F)c1. The Morgan fingerprint density at radius 1 is 1.32 bits per heavy atom. The second kappa shape index (κ2) is 6.46. The summed E-state index contributed by atoms with van der Waals surface area (Å²) in [4.78, 5) is 11.9. The van der Waals surface area contributed by atoms with Gasteiger partial charge in [-0.25, -0.2) is 8.78 Å². The van der Waals surface area contributed by atoms with Crippen molar-refractivity contribution in [2.24, 2.45) is 5.41 Å². The smallest absolute Gasteiger partial charge is 0.251 e. The first kappa shape index (κ1) is 16.1. The van der Waals surface area contributed by atoms with Crippen molar-refractivity contribution < 1.29 is 13.6 Å². The van der Waals surface area contributed by atoms with Gasteiger partial charge in [-0.05, 0) is 30.0 Å². The molecule has 0 spiro atoms. The number of benzene rings is 1. The Morgan fingerprint density at radius 3 is 2.47 bits per heavy atom. The van der Waals surface area contributed by atoms with E-state index in [0.717, 1.165) is 18.6 Å². The van der Waals surface area contributed by atoms with Gasteiger partial charge in [-0.2, -0.15) is 0 Å². The number of amides is 1. The number of hydrogen-bond donors (Lipinski definition) is 1. The van der Waals surface area contributed by atoms with Crippen LogP contribution in [0.15, 0.2) is 18.2 Å². The minimum atomic E-state index is -1.02. The topological polar surface area (TPSA) is 29.1 Å². The van der Waals surface area contributed by atoms with Crippen LogP contribution in [0.2, 0.25) is 0 Å². The van der Waals surface area contributed by atoms with Crippen molar-refractivity contribution in [3.8, 4) is 0 Å². The highest BCUT2D eigenvalue weighted by Gasteiger charge is 2.17. The van der Waals surface area contributed by atoms with Crippen LogP contribution >= 0.6 is 15.9 Å². The molecule has 0 aromatic heterocycles. The second-order valence-electron chi connectivity index (χ2n) is 5.70. The Labute approximate surface area is 120 Å². The fourth-order valence-electron chi connectivity index (χ4n) is 1.68. The van der Waals surface area contributed by atoms with Gasteiger partial charge >= 0.3 is 0 Å². The van der Waals surface area contributed by atoms with Crippen molar-refractivity contribution in [3.05, 3.63) is 35.4 Å². The largest absolute Gasteiger partial charge is 0.351 e. The van der Waals surface area contributed by atoms with Crippen LogP contribution in [0, 0.1) is 17.0 Å². The maximum atomic E-state index is 13.0. The van der Waals surface area contributed by atoms with E-state index in [0.29, 0.717) is 6.54 Å². The summed E-state index contributed by atoms with van der Waals surface area (Å²) in [5, 5.41) is 2.69. The molecule has 0 radical (unpaired) electrons. The first-order chi connectivity index (χ1) is 8.69. The van der Waals surface area contributed by atoms with Crippen LogP contribution in [0.1, 0.15) is 37.6 Å². The Bertz CT molecular complexity index is 457. The fourth-order valence-corrected chi connectivity index (χ4v) is 2.81. The van der Waals surface area contributed by atoms with Gasteiger partial charge in [-0.3, -0.25) is 4.79 Å². The molecule has 1 aromatic rings. The second-order valence-corrected chi connectivity index (χ2v) is 7.00. The number of carbonyl (C=O) groups is 1. The van der Waals surface area contributed by atoms with Crippen LogP contribution < -0.4 is 5.32 Å². The van der Waals surface area contributed by atoms with Crippen LogP contribution in [0.25, 0.3) is 0 Å². The zero-order valence-corrected chi connectivity index (χ0v) is 12.9. The van der Waals surface area contributed by atoms with Crippen LogP contribution in [-0.2, 0) is 0 Å². The highest BCUT2D eigenvalue weighted by Crippen LogP contribution is 2.24. The predicted octanol–water partition coefficient (Wildman–Crippen LogP) is 3.89. The molecule has 0 heterocycles. The minimum Gasteiger partial charge on any atom is -0.351 e. The van der Waals surface area contributed by atoms with Crippen LogP contribution in [-0.4, -0.2) is 17.3 Å². The molecule has 5 heteroatoms. The van der Waals surface area contributed by atoms with Crippen molar-refractivity contribution in [1.29, 1.82) is 0 Å². The van der Waals surface area contributed by atoms with Gasteiger partial charge in [0.2, 0.25) is 0 Å². The first-order valence-electron chi connectivity index (χ1n) is 6.06. The number of halogens is 3. The molecule has 0 saturated carbocycles. The zero-order valence-electron chi connectivity index (χ0n) is 11.3. The summed E-state index contributed by atoms with van der Waals surface area (Å²) >= 11 is 3.49. The molecule has 0 aliphatic heterocycles. The molecule has 1 unspecified atom stereocenters. The number of hydrogen-bond acceptors (Lipinski definition) is 1. The van der Waals surface area contributed by atoms with Crippen molar-refractivity contribution in [2.75, 3.05) is 6.54 Å². The Kier molecular flexibility index (Phi) is 5.47. The molecular weight excluding hydrogens is 316 g/mol. The summed E-state index contributed by atoms with van der Waals surface area (Å²) in [6, 6.07) is 3.11. The van der Waals surface area contributed by atoms with Crippen molar-refractivity contribution in [3.63, 3.8) is 0 Å². The molecular formula is C14H18BrF2NO. The lowest BCUT2D eigenvalue weighted by molar-refractivity contribution is 0.0952. The van der Waals surface area contributed by atoms with Gasteiger partial charge in [0.25, 0.3) is 5.91 Å². The van der Waals surface area contributed by atoms with Gasteiger partial charge < -0.3 is 5.32 Å². The molecule has 1 rings (SSSR count). The standard InChI is InChI=1S/C14H18BrF2NO/c1-14(2,3)7-10(15)8-18-13(19)9-4-5-11(16)12(17)6-9/h4-6,10H,7-8H2,1-3H3,(H,18,19). The van der Waals surface area contributed by atoms with Gasteiger partial charge in [-0.1, -0.05) is 36.7 Å². The summed E-state index contributed by atoms with van der Waals surface area (Å²) in [6.45, 7) is 6.77. The van der Waals surface area contributed by atoms with E-state index < -0.39 is 17.5 Å². The average molecular weight is 334 g/mol. The summed E-state index contributed by atoms with van der Waals surface area (Å²) in [7, 11) is 0. The van der Waals surface area contributed by atoms with Gasteiger partial charge in [0.15, 0.2) is 11.6 Å². The van der Waals surface area contributed by atoms with E-state index in [4.69, 9.17) is 0 Å². The maximum absolute atomic E-state index is 13.0. The third-order valence-electron chi connectivity index (χ3n) is 2.50. The molecule has 1 N–H and O–H groups in total. The molecule has 0 aliphatic carbocycles. The van der Waals surface area contributed by atoms with Gasteiger partial charge in [0, 0.05) is 16.9 Å². The fraction of sp³-hybridized carbons (Fsp3) is 0.500. The predicted molar refractivity (Wildman–Crippen MR) is 75.5 cm³/mol. The Hall–Kier alpha value is -0.970. The lowest BCUT2D eigenvalue weighted by Crippen LogP contribution is -2.31. The lowest BCUT2D eigenvalue weighted by Gasteiger charge is -2.22. The molecule has 0 saturated heterocycles. The van der Waals surface area contributed by atoms with E-state index in [1.165, 1.54) is 6.07 Å². The van der Waals surface area contributed by atoms with Crippen LogP contribution in [0.5, 0.6) is 0 Å². The van der Waals surface area contributed by atoms with E-state index in [1.54, 1.807) is 0 Å². The third kappa shape index (κ3) is 5.68. The summed E-state index contributed by atoms with van der Waals surface area (Å²) in [5.74, 6) is -2.38. The first-order valence-corrected chi connectivity index (χ1v) is 6.98. The maximum Gasteiger partial charge on any atom is 0.251 e. The van der Waals surface area contributed by atoms with E-state index in [1.807, 2.05) is 0 Å². The summed E-state index contributed by atoms with van der Waals surface area (Å²) < 4.78 is 25.7. The highest BCUT2D eigenvalue weighted by atomic mass is 79.9. The molecule has 0 bridgehead atoms. The van der Waals surface area contributed by atoms with Crippen molar-refractivity contribution in [1.82, 2.24) is 5.32 Å². The number of alkyl halides is 1. The van der Waals surface area contributed by atoms with Gasteiger partial charge in [-0.15, -0.1) is 0 Å². The van der Waals surface area contributed by atoms with Gasteiger partial charge in [0.05, 0.1) is 0 Å². The summed E-state index contributed by atoms with van der Waals surface area (Å²) in [6.07, 6.45) is 0.894. The monoisotopic (exact) mass is 333 g/mol. The molecule has 106 valence electrons. The molecule has 0 fully saturated rings. The molecule has 1 aromatic carbocycles. The quantitative estimate of drug-likeness (QED) is 0.832. The van der Waals surface area contributed by atoms with Crippen molar-refractivity contribution >= 4 is 21.8 Å². The summed E-state index contributed by atoms with van der Waals surface area (Å²) in [5.41, 5.74) is 0.273. The lowest BCUT2D eigenvalue weighted by atomic mass is 9.90. The number of rotatable bonds is 4. The van der Waals surface area contributed by atoms with Gasteiger partial charge in [0.1, 0.15) is 0 Å². The third-order valence-corrected chi connectivity index (χ3v) is 3.15. The van der Waals surface area contributed by atoms with E-state index >= 15 is 0 Å². The average Bonchev–Trinajstić information content (AvgIpc) is 2.27. The molecule has 19 heavy (non-hydrogen) atoms. The van der Waals surface area contributed by atoms with E-state index in [9.17, 15) is 13.6 Å². The number of carbonyl (C=O) groups excluding carboxylic acids is 1. The van der Waals surface area contributed by atoms with E-state index in [-0.39, 0.29) is 15.8 Å². The zero-order chi connectivity index (χ0) is 14.6. The van der Waals surface area contributed by atoms with Crippen molar-refractivity contribution in [2.45, 2.75) is 32.0 Å². The minimum absolute atomic E-state index is 0.120. The molecule has 1 amide bonds. The molecule has 2 nitrogen and oxygen atoms in total. The normalized spacial score (nSPS) is 13.2. The van der Waals surface area contributed by atoms with Crippen LogP contribution in [0.3, 0.4) is 0 Å². The molecule has 1 atom stereocenters. The highest BCUT2D eigenvalue weighted by molar-refractivity contribution is 9.09. The Balaban J connectivity index is 2.53. The molecule has 0 aliphatic rings.